The van der Waals surface area contributed by atoms with Crippen LogP contribution in [0.4, 0.5) is 10.1 Å². The largest absolute Gasteiger partial charge is 0.452 e. The van der Waals surface area contributed by atoms with Gasteiger partial charge >= 0.3 is 5.97 Å². The predicted molar refractivity (Wildman–Crippen MR) is 87.5 cm³/mol. The summed E-state index contributed by atoms with van der Waals surface area (Å²) in [6.45, 7) is -0.186. The molecule has 0 spiro atoms. The molecule has 0 aliphatic heterocycles. The first kappa shape index (κ1) is 17.9. The second-order valence-corrected chi connectivity index (χ2v) is 5.32. The zero-order chi connectivity index (χ0) is 17.5. The summed E-state index contributed by atoms with van der Waals surface area (Å²) in [5, 5.41) is 2.57. The van der Waals surface area contributed by atoms with Gasteiger partial charge in [0.1, 0.15) is 5.82 Å². The fourth-order valence-corrected chi connectivity index (χ4v) is 2.12. The molecule has 0 saturated heterocycles. The molecule has 0 unspecified atom stereocenters. The lowest BCUT2D eigenvalue weighted by atomic mass is 10.1. The summed E-state index contributed by atoms with van der Waals surface area (Å²) >= 11 is 5.73. The van der Waals surface area contributed by atoms with Crippen molar-refractivity contribution in [3.05, 3.63) is 64.4 Å². The van der Waals surface area contributed by atoms with Crippen LogP contribution >= 0.6 is 11.6 Å². The second-order valence-electron chi connectivity index (χ2n) is 4.88. The highest BCUT2D eigenvalue weighted by atomic mass is 35.5. The lowest BCUT2D eigenvalue weighted by Crippen LogP contribution is -2.21. The number of ether oxygens (including phenoxy) is 2. The quantitative estimate of drug-likeness (QED) is 0.810. The Hall–Kier alpha value is -2.44. The van der Waals surface area contributed by atoms with Gasteiger partial charge in [-0.2, -0.15) is 0 Å². The van der Waals surface area contributed by atoms with Crippen LogP contribution < -0.4 is 5.32 Å². The molecule has 2 aromatic rings. The molecule has 5 nitrogen and oxygen atoms in total. The lowest BCUT2D eigenvalue weighted by molar-refractivity contribution is -0.119. The van der Waals surface area contributed by atoms with E-state index in [0.717, 1.165) is 11.6 Å². The van der Waals surface area contributed by atoms with Crippen LogP contribution in [0.5, 0.6) is 0 Å². The molecule has 0 aromatic heterocycles. The molecule has 0 saturated carbocycles. The van der Waals surface area contributed by atoms with Crippen molar-refractivity contribution < 1.29 is 23.5 Å². The van der Waals surface area contributed by atoms with Crippen LogP contribution in [0.15, 0.2) is 42.5 Å². The SMILES string of the molecule is COCc1cccc(C(=O)OCC(=O)Nc2cc(Cl)ccc2F)c1. The first-order valence-corrected chi connectivity index (χ1v) is 7.37. The molecule has 126 valence electrons. The summed E-state index contributed by atoms with van der Waals surface area (Å²) in [7, 11) is 1.55. The Balaban J connectivity index is 1.92. The Morgan fingerprint density at radius 2 is 2.00 bits per heavy atom. The van der Waals surface area contributed by atoms with Crippen LogP contribution in [-0.2, 0) is 20.9 Å². The molecule has 0 bridgehead atoms. The molecule has 1 N–H and O–H groups in total. The number of benzene rings is 2. The summed E-state index contributed by atoms with van der Waals surface area (Å²) in [5.74, 6) is -1.96. The maximum Gasteiger partial charge on any atom is 0.338 e. The van der Waals surface area contributed by atoms with Crippen LogP contribution in [0.3, 0.4) is 0 Å². The molecule has 0 aliphatic rings. The highest BCUT2D eigenvalue weighted by Gasteiger charge is 2.12. The number of methoxy groups -OCH3 is 1. The predicted octanol–water partition coefficient (Wildman–Crippen LogP) is 3.42. The topological polar surface area (TPSA) is 64.6 Å². The third-order valence-corrected chi connectivity index (χ3v) is 3.25. The van der Waals surface area contributed by atoms with Crippen LogP contribution in [0.2, 0.25) is 5.02 Å². The smallest absolute Gasteiger partial charge is 0.338 e. The fraction of sp³-hybridized carbons (Fsp3) is 0.176. The van der Waals surface area contributed by atoms with E-state index in [-0.39, 0.29) is 10.7 Å². The number of esters is 1. The number of rotatable bonds is 6. The summed E-state index contributed by atoms with van der Waals surface area (Å²) in [5.41, 5.74) is 1.02. The molecular weight excluding hydrogens is 337 g/mol. The van der Waals surface area contributed by atoms with Gasteiger partial charge in [-0.05, 0) is 35.9 Å². The lowest BCUT2D eigenvalue weighted by Gasteiger charge is -2.08. The van der Waals surface area contributed by atoms with Crippen molar-refractivity contribution in [2.45, 2.75) is 6.61 Å². The number of amides is 1. The Morgan fingerprint density at radius 3 is 2.75 bits per heavy atom. The van der Waals surface area contributed by atoms with E-state index in [0.29, 0.717) is 12.2 Å². The van der Waals surface area contributed by atoms with Crippen molar-refractivity contribution in [3.8, 4) is 0 Å². The maximum atomic E-state index is 13.5. The van der Waals surface area contributed by atoms with Gasteiger partial charge < -0.3 is 14.8 Å². The zero-order valence-electron chi connectivity index (χ0n) is 12.8. The molecule has 1 amide bonds. The van der Waals surface area contributed by atoms with Gasteiger partial charge in [0.2, 0.25) is 0 Å². The highest BCUT2D eigenvalue weighted by molar-refractivity contribution is 6.30. The zero-order valence-corrected chi connectivity index (χ0v) is 13.6. The summed E-state index contributed by atoms with van der Waals surface area (Å²) in [6.07, 6.45) is 0. The second kappa shape index (κ2) is 8.42. The molecule has 2 rings (SSSR count). The minimum absolute atomic E-state index is 0.0781. The first-order chi connectivity index (χ1) is 11.5. The van der Waals surface area contributed by atoms with Crippen LogP contribution in [-0.4, -0.2) is 25.6 Å². The van der Waals surface area contributed by atoms with E-state index in [1.54, 1.807) is 31.4 Å². The number of carbonyl (C=O) groups is 2. The van der Waals surface area contributed by atoms with Gasteiger partial charge in [0.25, 0.3) is 5.91 Å². The summed E-state index contributed by atoms with van der Waals surface area (Å²) in [6, 6.07) is 10.4. The maximum absolute atomic E-state index is 13.5. The summed E-state index contributed by atoms with van der Waals surface area (Å²) in [4.78, 5) is 23.7. The van der Waals surface area contributed by atoms with Crippen molar-refractivity contribution in [1.29, 1.82) is 0 Å². The highest BCUT2D eigenvalue weighted by Crippen LogP contribution is 2.19. The van der Waals surface area contributed by atoms with E-state index < -0.39 is 24.3 Å². The molecule has 0 aliphatic carbocycles. The van der Waals surface area contributed by atoms with E-state index in [4.69, 9.17) is 21.1 Å². The van der Waals surface area contributed by atoms with Gasteiger partial charge in [0, 0.05) is 12.1 Å². The number of hydrogen-bond acceptors (Lipinski definition) is 4. The number of hydrogen-bond donors (Lipinski definition) is 1. The molecule has 7 heteroatoms. The van der Waals surface area contributed by atoms with Gasteiger partial charge in [-0.15, -0.1) is 0 Å². The molecule has 0 radical (unpaired) electrons. The minimum Gasteiger partial charge on any atom is -0.452 e. The van der Waals surface area contributed by atoms with E-state index >= 15 is 0 Å². The van der Waals surface area contributed by atoms with E-state index in [1.807, 2.05) is 0 Å². The van der Waals surface area contributed by atoms with E-state index in [9.17, 15) is 14.0 Å². The Morgan fingerprint density at radius 1 is 1.21 bits per heavy atom. The van der Waals surface area contributed by atoms with Crippen LogP contribution in [0.1, 0.15) is 15.9 Å². The molecular formula is C17H15ClFNO4. The van der Waals surface area contributed by atoms with Crippen molar-refractivity contribution in [2.75, 3.05) is 19.0 Å². The number of anilines is 1. The third-order valence-electron chi connectivity index (χ3n) is 3.01. The van der Waals surface area contributed by atoms with Crippen molar-refractivity contribution in [3.63, 3.8) is 0 Å². The van der Waals surface area contributed by atoms with Gasteiger partial charge in [-0.25, -0.2) is 9.18 Å². The normalized spacial score (nSPS) is 10.3. The van der Waals surface area contributed by atoms with Crippen LogP contribution in [0, 0.1) is 5.82 Å². The van der Waals surface area contributed by atoms with Crippen molar-refractivity contribution >= 4 is 29.2 Å². The van der Waals surface area contributed by atoms with Gasteiger partial charge in [-0.3, -0.25) is 4.79 Å². The average Bonchev–Trinajstić information content (AvgIpc) is 2.56. The standard InChI is InChI=1S/C17H15ClFNO4/c1-23-9-11-3-2-4-12(7-11)17(22)24-10-16(21)20-15-8-13(18)5-6-14(15)19/h2-8H,9-10H2,1H3,(H,20,21). The monoisotopic (exact) mass is 351 g/mol. The molecule has 0 atom stereocenters. The van der Waals surface area contributed by atoms with Crippen molar-refractivity contribution in [2.24, 2.45) is 0 Å². The van der Waals surface area contributed by atoms with Gasteiger partial charge in [-0.1, -0.05) is 23.7 Å². The third kappa shape index (κ3) is 5.04. The molecule has 2 aromatic carbocycles. The number of carbonyl (C=O) groups excluding carboxylic acids is 2. The van der Waals surface area contributed by atoms with E-state index in [1.165, 1.54) is 12.1 Å². The summed E-state index contributed by atoms with van der Waals surface area (Å²) < 4.78 is 23.4. The Labute approximate surface area is 143 Å². The minimum atomic E-state index is -0.669. The van der Waals surface area contributed by atoms with Gasteiger partial charge in [0.15, 0.2) is 6.61 Å². The number of nitrogens with one attached hydrogen (secondary N) is 1. The molecule has 24 heavy (non-hydrogen) atoms. The van der Waals surface area contributed by atoms with E-state index in [2.05, 4.69) is 5.32 Å². The first-order valence-electron chi connectivity index (χ1n) is 6.99. The van der Waals surface area contributed by atoms with Crippen LogP contribution in [0.25, 0.3) is 0 Å². The van der Waals surface area contributed by atoms with Crippen molar-refractivity contribution in [1.82, 2.24) is 0 Å². The molecule has 0 heterocycles. The molecule has 0 fully saturated rings. The Kier molecular flexibility index (Phi) is 6.28. The fourth-order valence-electron chi connectivity index (χ4n) is 1.95. The Bertz CT molecular complexity index is 751. The van der Waals surface area contributed by atoms with Gasteiger partial charge in [0.05, 0.1) is 17.9 Å². The average molecular weight is 352 g/mol. The number of halogens is 2.